The van der Waals surface area contributed by atoms with Gasteiger partial charge >= 0.3 is 12.1 Å². The van der Waals surface area contributed by atoms with Crippen LogP contribution in [0.2, 0.25) is 0 Å². The number of nitrogens with two attached hydrogens (primary N) is 1. The molecule has 2 aliphatic heterocycles. The molecule has 19 heavy (non-hydrogen) atoms. The van der Waals surface area contributed by atoms with Gasteiger partial charge in [-0.3, -0.25) is 14.5 Å². The van der Waals surface area contributed by atoms with Crippen molar-refractivity contribution in [3.05, 3.63) is 11.4 Å². The molecule has 1 atom stereocenters. The van der Waals surface area contributed by atoms with E-state index in [0.717, 1.165) is 39.3 Å². The molecule has 1 amide bonds. The predicted octanol–water partition coefficient (Wildman–Crippen LogP) is -0.570. The molecule has 2 heterocycles. The molecular formula is C13H23N5O. The van der Waals surface area contributed by atoms with Crippen molar-refractivity contribution < 1.29 is 4.79 Å². The largest absolute Gasteiger partial charge is 0.362 e. The number of amides is 1. The van der Waals surface area contributed by atoms with E-state index in [4.69, 9.17) is 12.3 Å². The maximum atomic E-state index is 11.2. The third-order valence-corrected chi connectivity index (χ3v) is 4.06. The first kappa shape index (κ1) is 14.3. The normalized spacial score (nSPS) is 24.2. The number of piperazine rings is 1. The Morgan fingerprint density at radius 2 is 1.58 bits per heavy atom. The smallest absolute Gasteiger partial charge is 0.357 e. The van der Waals surface area contributed by atoms with E-state index in [1.54, 1.807) is 0 Å². The number of rotatable bonds is 5. The van der Waals surface area contributed by atoms with Crippen molar-refractivity contribution in [3.63, 3.8) is 0 Å². The number of likely N-dealkylation sites (tertiary alicyclic amines) is 1. The van der Waals surface area contributed by atoms with Crippen LogP contribution in [0.3, 0.4) is 0 Å². The Hall–Kier alpha value is -1.16. The number of carbonyl (C=O) groups is 1. The van der Waals surface area contributed by atoms with Gasteiger partial charge in [-0.2, -0.15) is 0 Å². The lowest BCUT2D eigenvalue weighted by molar-refractivity contribution is -0.122. The molecule has 0 aliphatic carbocycles. The molecule has 2 saturated heterocycles. The summed E-state index contributed by atoms with van der Waals surface area (Å²) in [5.74, 6) is -0.527. The van der Waals surface area contributed by atoms with E-state index in [0.29, 0.717) is 0 Å². The molecule has 106 valence electrons. The molecule has 0 saturated carbocycles. The lowest BCUT2D eigenvalue weighted by atomic mass is 10.2. The first-order valence-electron chi connectivity index (χ1n) is 7.05. The zero-order valence-electron chi connectivity index (χ0n) is 11.4. The van der Waals surface area contributed by atoms with Crippen LogP contribution in [0, 0.1) is 6.57 Å². The Labute approximate surface area is 114 Å². The number of primary amides is 1. The molecule has 0 aromatic rings. The van der Waals surface area contributed by atoms with Crippen LogP contribution in [-0.4, -0.2) is 79.1 Å². The predicted molar refractivity (Wildman–Crippen MR) is 73.3 cm³/mol. The molecule has 0 aromatic carbocycles. The molecule has 2 aliphatic rings. The summed E-state index contributed by atoms with van der Waals surface area (Å²) < 4.78 is 0. The summed E-state index contributed by atoms with van der Waals surface area (Å²) in [7, 11) is 0. The molecule has 6 nitrogen and oxygen atoms in total. The molecule has 2 N–H and O–H groups in total. The molecule has 1 unspecified atom stereocenters. The van der Waals surface area contributed by atoms with Crippen molar-refractivity contribution in [2.24, 2.45) is 5.73 Å². The minimum Gasteiger partial charge on any atom is -0.362 e. The maximum absolute atomic E-state index is 11.2. The van der Waals surface area contributed by atoms with Crippen molar-refractivity contribution in [2.45, 2.75) is 19.0 Å². The van der Waals surface area contributed by atoms with Gasteiger partial charge < -0.3 is 10.6 Å². The van der Waals surface area contributed by atoms with Gasteiger partial charge in [-0.1, -0.05) is 0 Å². The fourth-order valence-corrected chi connectivity index (χ4v) is 2.85. The average Bonchev–Trinajstić information content (AvgIpc) is 2.91. The summed E-state index contributed by atoms with van der Waals surface area (Å²) in [5.41, 5.74) is 5.24. The van der Waals surface area contributed by atoms with Crippen LogP contribution in [0.15, 0.2) is 0 Å². The van der Waals surface area contributed by atoms with Crippen LogP contribution in [0.1, 0.15) is 12.8 Å². The zero-order chi connectivity index (χ0) is 13.7. The van der Waals surface area contributed by atoms with E-state index in [1.807, 2.05) is 4.90 Å². The summed E-state index contributed by atoms with van der Waals surface area (Å²) >= 11 is 0. The van der Waals surface area contributed by atoms with Gasteiger partial charge in [0.15, 0.2) is 0 Å². The lowest BCUT2D eigenvalue weighted by Gasteiger charge is -2.34. The van der Waals surface area contributed by atoms with Crippen molar-refractivity contribution in [1.82, 2.24) is 14.7 Å². The second-order valence-electron chi connectivity index (χ2n) is 5.33. The van der Waals surface area contributed by atoms with Crippen LogP contribution < -0.4 is 5.73 Å². The second kappa shape index (κ2) is 6.85. The Kier molecular flexibility index (Phi) is 5.14. The molecule has 2 rings (SSSR count). The summed E-state index contributed by atoms with van der Waals surface area (Å²) in [5, 5.41) is 0. The van der Waals surface area contributed by atoms with Gasteiger partial charge in [-0.25, -0.2) is 11.5 Å². The molecule has 0 bridgehead atoms. The molecule has 0 spiro atoms. The molecule has 0 radical (unpaired) electrons. The lowest BCUT2D eigenvalue weighted by Crippen LogP contribution is -2.53. The van der Waals surface area contributed by atoms with Gasteiger partial charge in [0.1, 0.15) is 0 Å². The van der Waals surface area contributed by atoms with Crippen molar-refractivity contribution in [1.29, 1.82) is 0 Å². The minimum atomic E-state index is -0.777. The van der Waals surface area contributed by atoms with E-state index in [9.17, 15) is 4.79 Å². The minimum absolute atomic E-state index is 0.527. The third kappa shape index (κ3) is 3.90. The van der Waals surface area contributed by atoms with Gasteiger partial charge in [0.2, 0.25) is 0 Å². The molecular weight excluding hydrogens is 242 g/mol. The molecule has 6 heteroatoms. The van der Waals surface area contributed by atoms with Gasteiger partial charge in [-0.05, 0) is 25.9 Å². The number of carbonyl (C=O) groups excluding carboxylic acids is 1. The van der Waals surface area contributed by atoms with E-state index >= 15 is 0 Å². The topological polar surface area (TPSA) is 57.2 Å². The van der Waals surface area contributed by atoms with Gasteiger partial charge in [-0.15, -0.1) is 0 Å². The number of hydrogen-bond donors (Lipinski definition) is 1. The SMILES string of the molecule is [C-]#[N+]C(C(N)=O)N1CCN(CCN2CCCC2)CC1. The molecule has 2 fully saturated rings. The summed E-state index contributed by atoms with van der Waals surface area (Å²) in [6, 6.07) is 0. The third-order valence-electron chi connectivity index (χ3n) is 4.06. The fraction of sp³-hybridized carbons (Fsp3) is 0.846. The highest BCUT2D eigenvalue weighted by molar-refractivity contribution is 5.81. The zero-order valence-corrected chi connectivity index (χ0v) is 11.4. The Morgan fingerprint density at radius 3 is 2.05 bits per heavy atom. The summed E-state index contributed by atoms with van der Waals surface area (Å²) in [6.45, 7) is 15.1. The van der Waals surface area contributed by atoms with Gasteiger partial charge in [0.25, 0.3) is 0 Å². The maximum Gasteiger partial charge on any atom is 0.357 e. The van der Waals surface area contributed by atoms with Crippen molar-refractivity contribution in [2.75, 3.05) is 52.4 Å². The van der Waals surface area contributed by atoms with Crippen LogP contribution in [0.25, 0.3) is 4.85 Å². The standard InChI is InChI=1S/C13H23N5O/c1-15-13(12(14)19)18-10-8-17(9-11-18)7-6-16-4-2-3-5-16/h13H,2-11H2,(H2,14,19). The van der Waals surface area contributed by atoms with E-state index in [-0.39, 0.29) is 0 Å². The first-order valence-corrected chi connectivity index (χ1v) is 7.05. The highest BCUT2D eigenvalue weighted by atomic mass is 16.1. The van der Waals surface area contributed by atoms with E-state index < -0.39 is 12.1 Å². The number of nitrogens with zero attached hydrogens (tertiary/aromatic N) is 4. The summed E-state index contributed by atoms with van der Waals surface area (Å²) in [6.07, 6.45) is 1.89. The monoisotopic (exact) mass is 265 g/mol. The highest BCUT2D eigenvalue weighted by Crippen LogP contribution is 2.10. The average molecular weight is 265 g/mol. The van der Waals surface area contributed by atoms with Gasteiger partial charge in [0.05, 0.1) is 0 Å². The molecule has 0 aromatic heterocycles. The fourth-order valence-electron chi connectivity index (χ4n) is 2.85. The first-order chi connectivity index (χ1) is 9.20. The van der Waals surface area contributed by atoms with Gasteiger partial charge in [0, 0.05) is 39.3 Å². The van der Waals surface area contributed by atoms with E-state index in [2.05, 4.69) is 14.6 Å². The van der Waals surface area contributed by atoms with Crippen LogP contribution in [-0.2, 0) is 4.79 Å². The number of hydrogen-bond acceptors (Lipinski definition) is 4. The van der Waals surface area contributed by atoms with Crippen molar-refractivity contribution >= 4 is 5.91 Å². The van der Waals surface area contributed by atoms with Crippen LogP contribution in [0.4, 0.5) is 0 Å². The summed E-state index contributed by atoms with van der Waals surface area (Å²) in [4.78, 5) is 21.3. The van der Waals surface area contributed by atoms with Crippen LogP contribution >= 0.6 is 0 Å². The Morgan fingerprint density at radius 1 is 1.05 bits per heavy atom. The quantitative estimate of drug-likeness (QED) is 0.677. The highest BCUT2D eigenvalue weighted by Gasteiger charge is 2.31. The second-order valence-corrected chi connectivity index (χ2v) is 5.33. The van der Waals surface area contributed by atoms with Crippen molar-refractivity contribution in [3.8, 4) is 0 Å². The Bertz CT molecular complexity index is 339. The Balaban J connectivity index is 1.70. The van der Waals surface area contributed by atoms with Crippen LogP contribution in [0.5, 0.6) is 0 Å². The van der Waals surface area contributed by atoms with E-state index in [1.165, 1.54) is 25.9 Å².